The fraction of sp³-hybridized carbons (Fsp3) is 0.154. The molecule has 1 saturated heterocycles. The van der Waals surface area contributed by atoms with Gasteiger partial charge in [-0.05, 0) is 30.7 Å². The molecule has 1 heterocycles. The van der Waals surface area contributed by atoms with Gasteiger partial charge >= 0.3 is 5.97 Å². The van der Waals surface area contributed by atoms with Crippen LogP contribution < -0.4 is 0 Å². The van der Waals surface area contributed by atoms with Crippen molar-refractivity contribution in [2.75, 3.05) is 0 Å². The van der Waals surface area contributed by atoms with E-state index in [-0.39, 0.29) is 10.2 Å². The van der Waals surface area contributed by atoms with Crippen LogP contribution in [0, 0.1) is 0 Å². The zero-order valence-electron chi connectivity index (χ0n) is 10.4. The number of thiocarbonyl (C=S) groups is 1. The first-order valence-corrected chi connectivity index (χ1v) is 7.67. The van der Waals surface area contributed by atoms with E-state index in [1.54, 1.807) is 6.08 Å². The second-order valence-electron chi connectivity index (χ2n) is 4.12. The summed E-state index contributed by atoms with van der Waals surface area (Å²) in [6.07, 6.45) is 1.71. The predicted molar refractivity (Wildman–Crippen MR) is 86.3 cm³/mol. The van der Waals surface area contributed by atoms with Gasteiger partial charge in [-0.2, -0.15) is 0 Å². The van der Waals surface area contributed by atoms with Gasteiger partial charge in [-0.3, -0.25) is 9.69 Å². The van der Waals surface area contributed by atoms with Gasteiger partial charge in [-0.25, -0.2) is 4.79 Å². The van der Waals surface area contributed by atoms with Crippen LogP contribution in [-0.2, 0) is 9.59 Å². The van der Waals surface area contributed by atoms with Crippen LogP contribution in [-0.4, -0.2) is 32.2 Å². The van der Waals surface area contributed by atoms with E-state index in [0.717, 1.165) is 26.7 Å². The Hall–Kier alpha value is -1.18. The second-order valence-corrected chi connectivity index (χ2v) is 6.71. The van der Waals surface area contributed by atoms with Gasteiger partial charge in [-0.1, -0.05) is 52.0 Å². The van der Waals surface area contributed by atoms with Crippen LogP contribution in [0.1, 0.15) is 12.5 Å². The van der Waals surface area contributed by atoms with E-state index < -0.39 is 12.0 Å². The summed E-state index contributed by atoms with van der Waals surface area (Å²) >= 11 is 9.54. The van der Waals surface area contributed by atoms with Crippen LogP contribution in [0.15, 0.2) is 33.6 Å². The van der Waals surface area contributed by atoms with E-state index in [4.69, 9.17) is 17.3 Å². The predicted octanol–water partition coefficient (Wildman–Crippen LogP) is 3.12. The van der Waals surface area contributed by atoms with Gasteiger partial charge in [0.15, 0.2) is 0 Å². The van der Waals surface area contributed by atoms with Crippen LogP contribution in [0.5, 0.6) is 0 Å². The van der Waals surface area contributed by atoms with E-state index >= 15 is 0 Å². The Morgan fingerprint density at radius 3 is 2.60 bits per heavy atom. The second kappa shape index (κ2) is 6.07. The molecule has 0 aromatic heterocycles. The molecular weight excluding hydrogens is 362 g/mol. The molecule has 1 fully saturated rings. The van der Waals surface area contributed by atoms with Gasteiger partial charge in [0.2, 0.25) is 0 Å². The number of carbonyl (C=O) groups is 2. The lowest BCUT2D eigenvalue weighted by molar-refractivity contribution is -0.144. The molecule has 1 amide bonds. The standard InChI is InChI=1S/C13H10BrNO3S2/c1-7(12(17)18)15-11(16)10(20-13(15)19)6-8-2-4-9(14)5-3-8/h2-7H,1H3,(H,17,18)/b10-6-/t7-/m0/s1. The Balaban J connectivity index is 2.28. The third-order valence-electron chi connectivity index (χ3n) is 2.74. The normalized spacial score (nSPS) is 18.7. The average molecular weight is 372 g/mol. The Labute approximate surface area is 134 Å². The van der Waals surface area contributed by atoms with Crippen LogP contribution in [0.2, 0.25) is 0 Å². The molecule has 0 saturated carbocycles. The first-order valence-electron chi connectivity index (χ1n) is 5.65. The summed E-state index contributed by atoms with van der Waals surface area (Å²) in [4.78, 5) is 24.8. The number of hydrogen-bond acceptors (Lipinski definition) is 4. The fourth-order valence-corrected chi connectivity index (χ4v) is 3.32. The summed E-state index contributed by atoms with van der Waals surface area (Å²) < 4.78 is 1.22. The van der Waals surface area contributed by atoms with Gasteiger partial charge in [0.1, 0.15) is 10.4 Å². The van der Waals surface area contributed by atoms with Crippen LogP contribution >= 0.6 is 39.9 Å². The summed E-state index contributed by atoms with van der Waals surface area (Å²) in [7, 11) is 0. The first kappa shape index (κ1) is 15.2. The highest BCUT2D eigenvalue weighted by Crippen LogP contribution is 2.34. The maximum Gasteiger partial charge on any atom is 0.326 e. The zero-order chi connectivity index (χ0) is 14.9. The molecule has 7 heteroatoms. The van der Waals surface area contributed by atoms with Crippen molar-refractivity contribution in [3.8, 4) is 0 Å². The third-order valence-corrected chi connectivity index (χ3v) is 4.60. The van der Waals surface area contributed by atoms with Gasteiger partial charge in [0.25, 0.3) is 5.91 Å². The van der Waals surface area contributed by atoms with Gasteiger partial charge in [0.05, 0.1) is 4.91 Å². The number of amides is 1. The van der Waals surface area contributed by atoms with Gasteiger partial charge in [-0.15, -0.1) is 0 Å². The number of aliphatic carboxylic acids is 1. The molecule has 0 bridgehead atoms. The Kier molecular flexibility index (Phi) is 4.62. The molecule has 0 unspecified atom stereocenters. The van der Waals surface area contributed by atoms with Gasteiger partial charge < -0.3 is 5.11 Å². The topological polar surface area (TPSA) is 57.6 Å². The van der Waals surface area contributed by atoms with Crippen molar-refractivity contribution >= 4 is 62.2 Å². The Morgan fingerprint density at radius 2 is 2.05 bits per heavy atom. The Morgan fingerprint density at radius 1 is 1.45 bits per heavy atom. The molecule has 0 aliphatic carbocycles. The van der Waals surface area contributed by atoms with Crippen molar-refractivity contribution in [2.24, 2.45) is 0 Å². The smallest absolute Gasteiger partial charge is 0.326 e. The number of thioether (sulfide) groups is 1. The number of hydrogen-bond donors (Lipinski definition) is 1. The SMILES string of the molecule is C[C@@H](C(=O)O)N1C(=O)/C(=C/c2ccc(Br)cc2)SC1=S. The lowest BCUT2D eigenvalue weighted by Gasteiger charge is -2.18. The summed E-state index contributed by atoms with van der Waals surface area (Å²) in [5, 5.41) is 9.00. The molecular formula is C13H10BrNO3S2. The summed E-state index contributed by atoms with van der Waals surface area (Å²) in [6, 6.07) is 6.49. The van der Waals surface area contributed by atoms with E-state index in [1.165, 1.54) is 6.92 Å². The molecule has 1 aromatic carbocycles. The maximum atomic E-state index is 12.2. The van der Waals surface area contributed by atoms with Crippen molar-refractivity contribution in [2.45, 2.75) is 13.0 Å². The molecule has 1 aliphatic rings. The van der Waals surface area contributed by atoms with Crippen molar-refractivity contribution < 1.29 is 14.7 Å². The van der Waals surface area contributed by atoms with E-state index in [2.05, 4.69) is 15.9 Å². The van der Waals surface area contributed by atoms with Crippen molar-refractivity contribution in [3.05, 3.63) is 39.2 Å². The van der Waals surface area contributed by atoms with Crippen LogP contribution in [0.25, 0.3) is 6.08 Å². The number of carboxylic acid groups (broad SMARTS) is 1. The number of carbonyl (C=O) groups excluding carboxylic acids is 1. The molecule has 1 N–H and O–H groups in total. The summed E-state index contributed by atoms with van der Waals surface area (Å²) in [5.74, 6) is -1.44. The molecule has 0 radical (unpaired) electrons. The number of benzene rings is 1. The molecule has 0 spiro atoms. The summed E-state index contributed by atoms with van der Waals surface area (Å²) in [5.41, 5.74) is 0.858. The minimum Gasteiger partial charge on any atom is -0.480 e. The highest BCUT2D eigenvalue weighted by atomic mass is 79.9. The largest absolute Gasteiger partial charge is 0.480 e. The van der Waals surface area contributed by atoms with E-state index in [0.29, 0.717) is 4.91 Å². The molecule has 2 rings (SSSR count). The van der Waals surface area contributed by atoms with Gasteiger partial charge in [0, 0.05) is 4.47 Å². The molecule has 1 atom stereocenters. The molecule has 20 heavy (non-hydrogen) atoms. The number of nitrogens with zero attached hydrogens (tertiary/aromatic N) is 1. The molecule has 104 valence electrons. The van der Waals surface area contributed by atoms with Crippen LogP contribution in [0.4, 0.5) is 0 Å². The van der Waals surface area contributed by atoms with E-state index in [9.17, 15) is 9.59 Å². The third kappa shape index (κ3) is 3.11. The fourth-order valence-electron chi connectivity index (χ4n) is 1.63. The number of carboxylic acids is 1. The number of halogens is 1. The molecule has 4 nitrogen and oxygen atoms in total. The maximum absolute atomic E-state index is 12.2. The highest BCUT2D eigenvalue weighted by molar-refractivity contribution is 9.10. The lowest BCUT2D eigenvalue weighted by Crippen LogP contribution is -2.41. The minimum absolute atomic E-state index is 0.272. The van der Waals surface area contributed by atoms with Crippen LogP contribution in [0.3, 0.4) is 0 Å². The molecule has 1 aromatic rings. The Bertz CT molecular complexity index is 613. The minimum atomic E-state index is -1.08. The monoisotopic (exact) mass is 371 g/mol. The molecule has 1 aliphatic heterocycles. The average Bonchev–Trinajstić information content (AvgIpc) is 2.66. The summed E-state index contributed by atoms with van der Waals surface area (Å²) in [6.45, 7) is 1.44. The number of rotatable bonds is 3. The first-order chi connectivity index (χ1) is 9.40. The quantitative estimate of drug-likeness (QED) is 0.653. The van der Waals surface area contributed by atoms with Crippen molar-refractivity contribution in [3.63, 3.8) is 0 Å². The lowest BCUT2D eigenvalue weighted by atomic mass is 10.2. The van der Waals surface area contributed by atoms with E-state index in [1.807, 2.05) is 24.3 Å². The van der Waals surface area contributed by atoms with Crippen molar-refractivity contribution in [1.29, 1.82) is 0 Å². The van der Waals surface area contributed by atoms with Crippen molar-refractivity contribution in [1.82, 2.24) is 4.90 Å². The zero-order valence-corrected chi connectivity index (χ0v) is 13.6. The highest BCUT2D eigenvalue weighted by Gasteiger charge is 2.38.